The molecule has 0 amide bonds. The zero-order chi connectivity index (χ0) is 28.2. The summed E-state index contributed by atoms with van der Waals surface area (Å²) < 4.78 is 2.36. The third-order valence-electron chi connectivity index (χ3n) is 8.62. The van der Waals surface area contributed by atoms with Gasteiger partial charge in [-0.3, -0.25) is 4.79 Å². The Labute approximate surface area is 243 Å². The number of nitrogens with zero attached hydrogens (tertiary/aromatic N) is 2. The van der Waals surface area contributed by atoms with Crippen molar-refractivity contribution < 1.29 is 9.63 Å². The molecule has 2 aliphatic rings. The van der Waals surface area contributed by atoms with Crippen molar-refractivity contribution in [3.8, 4) is 0 Å². The number of carbonyl (C=O) groups excluding carboxylic acids is 1. The number of rotatable bonds is 9. The van der Waals surface area contributed by atoms with Crippen molar-refractivity contribution in [2.75, 3.05) is 0 Å². The minimum atomic E-state index is -0.0214. The highest BCUT2D eigenvalue weighted by Crippen LogP contribution is 2.35. The van der Waals surface area contributed by atoms with Crippen LogP contribution in [-0.4, -0.2) is 16.1 Å². The van der Waals surface area contributed by atoms with E-state index in [1.807, 2.05) is 36.4 Å². The molecule has 1 aromatic heterocycles. The standard InChI is InChI=1S/C37H38N2O2/c1-3-39-35-19-17-29(21-30-16-10-7-11-26(30)2)22-32(35)33-24-31(18-20-36(33)39)37(40)34(23-27-12-8-9-13-27)38-41-25-28-14-5-4-6-15-28/h4-7,10-11,14-21,24,27H,3,8-9,12-13,22-23,25H2,1-2H3. The van der Waals surface area contributed by atoms with Gasteiger partial charge in [0.2, 0.25) is 5.78 Å². The second-order valence-corrected chi connectivity index (χ2v) is 11.4. The topological polar surface area (TPSA) is 43.6 Å². The van der Waals surface area contributed by atoms with Gasteiger partial charge in [0.25, 0.3) is 0 Å². The number of oxime groups is 1. The van der Waals surface area contributed by atoms with Crippen molar-refractivity contribution in [2.24, 2.45) is 11.1 Å². The highest BCUT2D eigenvalue weighted by Gasteiger charge is 2.25. The molecule has 0 radical (unpaired) electrons. The van der Waals surface area contributed by atoms with E-state index in [1.54, 1.807) is 0 Å². The number of ketones is 1. The van der Waals surface area contributed by atoms with Crippen LogP contribution in [-0.2, 0) is 24.4 Å². The third-order valence-corrected chi connectivity index (χ3v) is 8.62. The zero-order valence-corrected chi connectivity index (χ0v) is 24.1. The summed E-state index contributed by atoms with van der Waals surface area (Å²) in [5, 5.41) is 5.61. The first-order valence-electron chi connectivity index (χ1n) is 15.0. The summed E-state index contributed by atoms with van der Waals surface area (Å²) >= 11 is 0. The molecular weight excluding hydrogens is 504 g/mol. The Balaban J connectivity index is 1.33. The van der Waals surface area contributed by atoms with Crippen LogP contribution < -0.4 is 0 Å². The molecule has 0 bridgehead atoms. The molecule has 1 heterocycles. The van der Waals surface area contributed by atoms with Crippen molar-refractivity contribution in [1.29, 1.82) is 0 Å². The fourth-order valence-electron chi connectivity index (χ4n) is 6.38. The molecule has 0 unspecified atom stereocenters. The molecule has 1 fully saturated rings. The Bertz CT molecular complexity index is 1650. The van der Waals surface area contributed by atoms with Crippen molar-refractivity contribution >= 4 is 34.5 Å². The molecule has 4 heteroatoms. The normalized spacial score (nSPS) is 16.4. The van der Waals surface area contributed by atoms with Crippen LogP contribution >= 0.6 is 0 Å². The summed E-state index contributed by atoms with van der Waals surface area (Å²) in [6, 6.07) is 24.7. The van der Waals surface area contributed by atoms with Crippen molar-refractivity contribution in [2.45, 2.75) is 65.5 Å². The first-order valence-corrected chi connectivity index (χ1v) is 15.0. The Hall–Kier alpha value is -4.18. The predicted molar refractivity (Wildman–Crippen MR) is 169 cm³/mol. The molecule has 0 atom stereocenters. The van der Waals surface area contributed by atoms with E-state index in [4.69, 9.17) is 4.84 Å². The number of allylic oxidation sites excluding steroid dienone is 2. The Morgan fingerprint density at radius 1 is 1.00 bits per heavy atom. The van der Waals surface area contributed by atoms with E-state index >= 15 is 0 Å². The van der Waals surface area contributed by atoms with Gasteiger partial charge >= 0.3 is 0 Å². The fourth-order valence-corrected chi connectivity index (χ4v) is 6.38. The average Bonchev–Trinajstić information content (AvgIpc) is 3.63. The van der Waals surface area contributed by atoms with Gasteiger partial charge in [-0.1, -0.05) is 97.6 Å². The maximum Gasteiger partial charge on any atom is 0.210 e. The Morgan fingerprint density at radius 2 is 1.78 bits per heavy atom. The van der Waals surface area contributed by atoms with E-state index in [9.17, 15) is 4.79 Å². The van der Waals surface area contributed by atoms with Crippen molar-refractivity contribution in [3.63, 3.8) is 0 Å². The fraction of sp³-hybridized carbons (Fsp3) is 0.297. The summed E-state index contributed by atoms with van der Waals surface area (Å²) in [4.78, 5) is 19.7. The SMILES string of the molecule is CCn1c2c(c3cc(C(=O)C(CC4CCCC4)=NOCc4ccccc4)ccc31)CC(=Cc1ccccc1C)C=C2. The van der Waals surface area contributed by atoms with Crippen LogP contribution in [0.1, 0.15) is 77.3 Å². The van der Waals surface area contributed by atoms with Crippen LogP contribution in [0.4, 0.5) is 0 Å². The van der Waals surface area contributed by atoms with Crippen LogP contribution in [0.25, 0.3) is 23.1 Å². The van der Waals surface area contributed by atoms with Crippen LogP contribution in [0, 0.1) is 12.8 Å². The highest BCUT2D eigenvalue weighted by atomic mass is 16.6. The number of hydrogen-bond donors (Lipinski definition) is 0. The second kappa shape index (κ2) is 12.1. The van der Waals surface area contributed by atoms with Gasteiger partial charge in [0.1, 0.15) is 12.3 Å². The zero-order valence-electron chi connectivity index (χ0n) is 24.1. The molecule has 3 aromatic carbocycles. The van der Waals surface area contributed by atoms with Gasteiger partial charge in [-0.2, -0.15) is 0 Å². The van der Waals surface area contributed by atoms with E-state index in [2.05, 4.69) is 78.2 Å². The van der Waals surface area contributed by atoms with Gasteiger partial charge in [-0.05, 0) is 78.3 Å². The molecule has 0 spiro atoms. The van der Waals surface area contributed by atoms with Crippen molar-refractivity contribution in [3.05, 3.63) is 118 Å². The molecule has 4 aromatic rings. The summed E-state index contributed by atoms with van der Waals surface area (Å²) in [6.45, 7) is 5.57. The molecule has 0 N–H and O–H groups in total. The average molecular weight is 543 g/mol. The molecule has 0 aliphatic heterocycles. The van der Waals surface area contributed by atoms with Gasteiger partial charge in [0, 0.05) is 35.1 Å². The third kappa shape index (κ3) is 5.83. The first kappa shape index (κ1) is 27.0. The molecule has 1 saturated carbocycles. The van der Waals surface area contributed by atoms with Gasteiger partial charge in [0.05, 0.1) is 0 Å². The predicted octanol–water partition coefficient (Wildman–Crippen LogP) is 8.96. The molecule has 208 valence electrons. The number of aromatic nitrogens is 1. The molecular formula is C37H38N2O2. The maximum absolute atomic E-state index is 14.0. The summed E-state index contributed by atoms with van der Waals surface area (Å²) in [5.41, 5.74) is 9.75. The monoisotopic (exact) mass is 542 g/mol. The van der Waals surface area contributed by atoms with E-state index in [-0.39, 0.29) is 5.78 Å². The van der Waals surface area contributed by atoms with Gasteiger partial charge in [0.15, 0.2) is 0 Å². The summed E-state index contributed by atoms with van der Waals surface area (Å²) in [5.74, 6) is 0.474. The molecule has 0 saturated heterocycles. The van der Waals surface area contributed by atoms with Crippen LogP contribution in [0.5, 0.6) is 0 Å². The number of fused-ring (bicyclic) bond motifs is 3. The van der Waals surface area contributed by atoms with Crippen LogP contribution in [0.15, 0.2) is 89.6 Å². The van der Waals surface area contributed by atoms with Crippen LogP contribution in [0.3, 0.4) is 0 Å². The van der Waals surface area contributed by atoms with Crippen molar-refractivity contribution in [1.82, 2.24) is 4.57 Å². The minimum Gasteiger partial charge on any atom is -0.391 e. The second-order valence-electron chi connectivity index (χ2n) is 11.4. The number of hydrogen-bond acceptors (Lipinski definition) is 3. The molecule has 2 aliphatic carbocycles. The minimum absolute atomic E-state index is 0.0214. The lowest BCUT2D eigenvalue weighted by atomic mass is 9.92. The maximum atomic E-state index is 14.0. The number of benzene rings is 3. The summed E-state index contributed by atoms with van der Waals surface area (Å²) in [6.07, 6.45) is 13.0. The van der Waals surface area contributed by atoms with Gasteiger partial charge in [-0.15, -0.1) is 0 Å². The lowest BCUT2D eigenvalue weighted by molar-refractivity contribution is 0.102. The molecule has 6 rings (SSSR count). The highest BCUT2D eigenvalue weighted by molar-refractivity contribution is 6.46. The number of Topliss-reactive ketones (excluding diaryl/α,β-unsaturated/α-hetero) is 1. The quantitative estimate of drug-likeness (QED) is 0.120. The Kier molecular flexibility index (Phi) is 8.00. The van der Waals surface area contributed by atoms with Crippen LogP contribution in [0.2, 0.25) is 0 Å². The smallest absolute Gasteiger partial charge is 0.210 e. The lowest BCUT2D eigenvalue weighted by Gasteiger charge is -2.13. The first-order chi connectivity index (χ1) is 20.1. The van der Waals surface area contributed by atoms with E-state index in [1.165, 1.54) is 46.3 Å². The Morgan fingerprint density at radius 3 is 2.56 bits per heavy atom. The van der Waals surface area contributed by atoms with Gasteiger partial charge in [-0.25, -0.2) is 0 Å². The molecule has 41 heavy (non-hydrogen) atoms. The number of carbonyl (C=O) groups is 1. The van der Waals surface area contributed by atoms with E-state index < -0.39 is 0 Å². The lowest BCUT2D eigenvalue weighted by Crippen LogP contribution is -2.18. The molecule has 4 nitrogen and oxygen atoms in total. The van der Waals surface area contributed by atoms with E-state index in [0.717, 1.165) is 36.8 Å². The largest absolute Gasteiger partial charge is 0.391 e. The van der Waals surface area contributed by atoms with E-state index in [0.29, 0.717) is 30.2 Å². The summed E-state index contributed by atoms with van der Waals surface area (Å²) in [7, 11) is 0. The van der Waals surface area contributed by atoms with Gasteiger partial charge < -0.3 is 9.40 Å². The number of aryl methyl sites for hydroxylation is 2.